The van der Waals surface area contributed by atoms with Crippen molar-refractivity contribution in [2.75, 3.05) is 38.8 Å². The van der Waals surface area contributed by atoms with Gasteiger partial charge in [0.05, 0.1) is 18.4 Å². The number of hydrogen-bond donors (Lipinski definition) is 1. The molecule has 2 rings (SSSR count). The van der Waals surface area contributed by atoms with Crippen LogP contribution < -0.4 is 10.9 Å². The lowest BCUT2D eigenvalue weighted by Gasteiger charge is -2.16. The van der Waals surface area contributed by atoms with E-state index < -0.39 is 0 Å². The molecule has 1 aliphatic rings. The van der Waals surface area contributed by atoms with Gasteiger partial charge in [-0.2, -0.15) is 16.9 Å². The number of hydrogen-bond acceptors (Lipinski definition) is 5. The maximum atomic E-state index is 12.1. The SMILES string of the molecule is CSC1(CNc2cnn(CCN(C)C)c(=O)c2Cl)CC1. The average Bonchev–Trinajstić information content (AvgIpc) is 3.20. The molecule has 112 valence electrons. The molecule has 0 aromatic carbocycles. The minimum Gasteiger partial charge on any atom is -0.381 e. The molecular formula is C13H21ClN4OS. The van der Waals surface area contributed by atoms with E-state index in [1.807, 2.05) is 30.8 Å². The summed E-state index contributed by atoms with van der Waals surface area (Å²) in [5, 5.41) is 7.67. The number of aromatic nitrogens is 2. The van der Waals surface area contributed by atoms with Crippen LogP contribution in [0, 0.1) is 0 Å². The fourth-order valence-corrected chi connectivity index (χ4v) is 2.83. The van der Waals surface area contributed by atoms with E-state index >= 15 is 0 Å². The van der Waals surface area contributed by atoms with Crippen molar-refractivity contribution in [1.29, 1.82) is 0 Å². The van der Waals surface area contributed by atoms with Crippen LogP contribution in [-0.4, -0.2) is 52.9 Å². The first kappa shape index (κ1) is 15.7. The maximum absolute atomic E-state index is 12.1. The topological polar surface area (TPSA) is 50.2 Å². The molecule has 0 spiro atoms. The van der Waals surface area contributed by atoms with E-state index in [1.165, 1.54) is 17.5 Å². The van der Waals surface area contributed by atoms with Crippen molar-refractivity contribution in [3.8, 4) is 0 Å². The van der Waals surface area contributed by atoms with Gasteiger partial charge in [0.1, 0.15) is 5.02 Å². The van der Waals surface area contributed by atoms with Gasteiger partial charge in [0.2, 0.25) is 0 Å². The van der Waals surface area contributed by atoms with Crippen LogP contribution in [-0.2, 0) is 6.54 Å². The highest BCUT2D eigenvalue weighted by Gasteiger charge is 2.41. The van der Waals surface area contributed by atoms with Crippen LogP contribution in [0.2, 0.25) is 5.02 Å². The number of likely N-dealkylation sites (N-methyl/N-ethyl adjacent to an activating group) is 1. The second-order valence-electron chi connectivity index (χ2n) is 5.44. The van der Waals surface area contributed by atoms with Crippen molar-refractivity contribution < 1.29 is 0 Å². The van der Waals surface area contributed by atoms with Crippen LogP contribution in [0.1, 0.15) is 12.8 Å². The smallest absolute Gasteiger partial charge is 0.287 e. The molecule has 0 radical (unpaired) electrons. The lowest BCUT2D eigenvalue weighted by atomic mass is 10.3. The maximum Gasteiger partial charge on any atom is 0.287 e. The molecule has 0 atom stereocenters. The van der Waals surface area contributed by atoms with Gasteiger partial charge in [-0.3, -0.25) is 4.79 Å². The van der Waals surface area contributed by atoms with Crippen LogP contribution in [0.25, 0.3) is 0 Å². The summed E-state index contributed by atoms with van der Waals surface area (Å²) in [7, 11) is 3.92. The number of nitrogens with zero attached hydrogens (tertiary/aromatic N) is 3. The summed E-state index contributed by atoms with van der Waals surface area (Å²) in [5.74, 6) is 0. The van der Waals surface area contributed by atoms with Crippen LogP contribution in [0.4, 0.5) is 5.69 Å². The summed E-state index contributed by atoms with van der Waals surface area (Å²) in [4.78, 5) is 14.1. The first-order chi connectivity index (χ1) is 9.47. The third-order valence-electron chi connectivity index (χ3n) is 3.59. The van der Waals surface area contributed by atoms with Gasteiger partial charge in [-0.25, -0.2) is 4.68 Å². The van der Waals surface area contributed by atoms with Gasteiger partial charge in [0, 0.05) is 17.8 Å². The molecule has 1 aliphatic carbocycles. The third kappa shape index (κ3) is 3.68. The number of thioether (sulfide) groups is 1. The van der Waals surface area contributed by atoms with Gasteiger partial charge >= 0.3 is 0 Å². The van der Waals surface area contributed by atoms with E-state index in [2.05, 4.69) is 16.7 Å². The van der Waals surface area contributed by atoms with Gasteiger partial charge in [0.25, 0.3) is 5.56 Å². The Balaban J connectivity index is 2.04. The lowest BCUT2D eigenvalue weighted by molar-refractivity contribution is 0.367. The standard InChI is InChI=1S/C13H21ClN4OS/c1-17(2)6-7-18-12(19)11(14)10(8-16-18)15-9-13(20-3)4-5-13/h8,15H,4-7,9H2,1-3H3. The second-order valence-corrected chi connectivity index (χ2v) is 7.10. The van der Waals surface area contributed by atoms with Crippen LogP contribution in [0.15, 0.2) is 11.0 Å². The molecule has 1 saturated carbocycles. The molecule has 0 saturated heterocycles. The molecule has 1 aromatic rings. The Morgan fingerprint density at radius 1 is 1.55 bits per heavy atom. The predicted octanol–water partition coefficient (Wildman–Crippen LogP) is 1.77. The molecule has 1 fully saturated rings. The Hall–Kier alpha value is -0.720. The van der Waals surface area contributed by atoms with Crippen molar-refractivity contribution in [1.82, 2.24) is 14.7 Å². The van der Waals surface area contributed by atoms with Crippen LogP contribution >= 0.6 is 23.4 Å². The van der Waals surface area contributed by atoms with Gasteiger partial charge in [-0.15, -0.1) is 0 Å². The molecule has 1 N–H and O–H groups in total. The summed E-state index contributed by atoms with van der Waals surface area (Å²) in [6.45, 7) is 2.13. The highest BCUT2D eigenvalue weighted by atomic mass is 35.5. The highest BCUT2D eigenvalue weighted by molar-refractivity contribution is 8.00. The van der Waals surface area contributed by atoms with Crippen LogP contribution in [0.3, 0.4) is 0 Å². The number of nitrogens with one attached hydrogen (secondary N) is 1. The fraction of sp³-hybridized carbons (Fsp3) is 0.692. The zero-order valence-electron chi connectivity index (χ0n) is 12.1. The van der Waals surface area contributed by atoms with Gasteiger partial charge in [-0.1, -0.05) is 11.6 Å². The fourth-order valence-electron chi connectivity index (χ4n) is 1.89. The number of anilines is 1. The monoisotopic (exact) mass is 316 g/mol. The first-order valence-electron chi connectivity index (χ1n) is 6.67. The average molecular weight is 317 g/mol. The first-order valence-corrected chi connectivity index (χ1v) is 8.27. The summed E-state index contributed by atoms with van der Waals surface area (Å²) < 4.78 is 1.73. The van der Waals surface area contributed by atoms with E-state index in [-0.39, 0.29) is 10.6 Å². The molecule has 0 bridgehead atoms. The van der Waals surface area contributed by atoms with Crippen molar-refractivity contribution in [2.24, 2.45) is 0 Å². The van der Waals surface area contributed by atoms with E-state index in [1.54, 1.807) is 6.20 Å². The Morgan fingerprint density at radius 3 is 2.80 bits per heavy atom. The van der Waals surface area contributed by atoms with E-state index in [0.29, 0.717) is 17.0 Å². The summed E-state index contributed by atoms with van der Waals surface area (Å²) in [6, 6.07) is 0. The summed E-state index contributed by atoms with van der Waals surface area (Å²) in [6.07, 6.45) is 6.20. The van der Waals surface area contributed by atoms with E-state index in [4.69, 9.17) is 11.6 Å². The second kappa shape index (κ2) is 6.37. The molecule has 0 unspecified atom stereocenters. The molecular weight excluding hydrogens is 296 g/mol. The largest absolute Gasteiger partial charge is 0.381 e. The molecule has 0 aliphatic heterocycles. The lowest BCUT2D eigenvalue weighted by Crippen LogP contribution is -2.29. The third-order valence-corrected chi connectivity index (χ3v) is 5.37. The Bertz CT molecular complexity index is 528. The van der Waals surface area contributed by atoms with Gasteiger partial charge in [0.15, 0.2) is 0 Å². The Morgan fingerprint density at radius 2 is 2.25 bits per heavy atom. The minimum atomic E-state index is -0.229. The Kier molecular flexibility index (Phi) is 4.99. The molecule has 0 amide bonds. The van der Waals surface area contributed by atoms with Crippen molar-refractivity contribution in [3.05, 3.63) is 21.6 Å². The van der Waals surface area contributed by atoms with Gasteiger partial charge < -0.3 is 10.2 Å². The zero-order valence-corrected chi connectivity index (χ0v) is 13.7. The normalized spacial score (nSPS) is 16.4. The van der Waals surface area contributed by atoms with E-state index in [0.717, 1.165) is 13.1 Å². The van der Waals surface area contributed by atoms with E-state index in [9.17, 15) is 4.79 Å². The molecule has 1 aromatic heterocycles. The number of rotatable bonds is 7. The highest BCUT2D eigenvalue weighted by Crippen LogP contribution is 2.47. The quantitative estimate of drug-likeness (QED) is 0.831. The van der Waals surface area contributed by atoms with Crippen LogP contribution in [0.5, 0.6) is 0 Å². The molecule has 7 heteroatoms. The molecule has 5 nitrogen and oxygen atoms in total. The minimum absolute atomic E-state index is 0.229. The number of halogens is 1. The van der Waals surface area contributed by atoms with Crippen molar-refractivity contribution in [2.45, 2.75) is 24.1 Å². The van der Waals surface area contributed by atoms with Crippen molar-refractivity contribution in [3.63, 3.8) is 0 Å². The summed E-state index contributed by atoms with van der Waals surface area (Å²) >= 11 is 8.02. The summed E-state index contributed by atoms with van der Waals surface area (Å²) in [5.41, 5.74) is 0.408. The van der Waals surface area contributed by atoms with Crippen molar-refractivity contribution >= 4 is 29.1 Å². The zero-order chi connectivity index (χ0) is 14.8. The molecule has 20 heavy (non-hydrogen) atoms. The predicted molar refractivity (Wildman–Crippen MR) is 86.0 cm³/mol. The Labute approximate surface area is 128 Å². The van der Waals surface area contributed by atoms with Gasteiger partial charge in [-0.05, 0) is 33.2 Å². The molecule has 1 heterocycles.